The second-order valence-electron chi connectivity index (χ2n) is 3.98. The fourth-order valence-corrected chi connectivity index (χ4v) is 1.43. The van der Waals surface area contributed by atoms with E-state index in [2.05, 4.69) is 17.3 Å². The number of aryl methyl sites for hydroxylation is 1. The van der Waals surface area contributed by atoms with Gasteiger partial charge in [-0.15, -0.1) is 0 Å². The Kier molecular flexibility index (Phi) is 6.21. The van der Waals surface area contributed by atoms with Gasteiger partial charge in [0.15, 0.2) is 11.9 Å². The van der Waals surface area contributed by atoms with Crippen LogP contribution in [0.25, 0.3) is 0 Å². The number of carbonyl (C=O) groups is 1. The Morgan fingerprint density at radius 3 is 3.06 bits per heavy atom. The quantitative estimate of drug-likeness (QED) is 0.699. The van der Waals surface area contributed by atoms with Crippen molar-refractivity contribution in [2.75, 3.05) is 20.3 Å². The second kappa shape index (κ2) is 7.71. The number of nitrogens with one attached hydrogen (secondary N) is 1. The van der Waals surface area contributed by atoms with Crippen LogP contribution in [0.15, 0.2) is 12.4 Å². The van der Waals surface area contributed by atoms with Crippen molar-refractivity contribution in [3.05, 3.63) is 12.4 Å². The largest absolute Gasteiger partial charge is 0.478 e. The van der Waals surface area contributed by atoms with E-state index in [9.17, 15) is 4.79 Å². The highest BCUT2D eigenvalue weighted by molar-refractivity contribution is 5.80. The van der Waals surface area contributed by atoms with E-state index < -0.39 is 6.10 Å². The molecule has 18 heavy (non-hydrogen) atoms. The monoisotopic (exact) mass is 255 g/mol. The average Bonchev–Trinajstić information content (AvgIpc) is 2.77. The molecule has 1 amide bonds. The molecule has 1 atom stereocenters. The minimum absolute atomic E-state index is 0.157. The van der Waals surface area contributed by atoms with Gasteiger partial charge in [0, 0.05) is 20.2 Å². The zero-order valence-corrected chi connectivity index (χ0v) is 11.2. The van der Waals surface area contributed by atoms with Crippen LogP contribution in [0.2, 0.25) is 0 Å². The molecule has 0 saturated heterocycles. The standard InChI is InChI=1S/C12H21N3O3/c1-4-6-15-9-11(8-14-15)18-10(2)12(16)13-5-7-17-3/h8-10H,4-7H2,1-3H3,(H,13,16). The van der Waals surface area contributed by atoms with E-state index >= 15 is 0 Å². The third-order valence-corrected chi connectivity index (χ3v) is 2.35. The minimum atomic E-state index is -0.541. The predicted molar refractivity (Wildman–Crippen MR) is 67.5 cm³/mol. The Morgan fingerprint density at radius 2 is 2.39 bits per heavy atom. The third kappa shape index (κ3) is 4.75. The van der Waals surface area contributed by atoms with Crippen LogP contribution in [0.4, 0.5) is 0 Å². The first kappa shape index (κ1) is 14.5. The number of aromatic nitrogens is 2. The van der Waals surface area contributed by atoms with E-state index in [0.717, 1.165) is 13.0 Å². The number of ether oxygens (including phenoxy) is 2. The van der Waals surface area contributed by atoms with Gasteiger partial charge in [0.25, 0.3) is 5.91 Å². The molecule has 1 rings (SSSR count). The van der Waals surface area contributed by atoms with E-state index in [1.54, 1.807) is 31.1 Å². The van der Waals surface area contributed by atoms with Crippen LogP contribution in [0.3, 0.4) is 0 Å². The summed E-state index contributed by atoms with van der Waals surface area (Å²) in [5, 5.41) is 6.85. The molecule has 1 N–H and O–H groups in total. The fraction of sp³-hybridized carbons (Fsp3) is 0.667. The lowest BCUT2D eigenvalue weighted by atomic mass is 10.3. The smallest absolute Gasteiger partial charge is 0.260 e. The topological polar surface area (TPSA) is 65.4 Å². The molecule has 0 aromatic carbocycles. The van der Waals surface area contributed by atoms with Crippen molar-refractivity contribution in [1.29, 1.82) is 0 Å². The van der Waals surface area contributed by atoms with Gasteiger partial charge in [-0.05, 0) is 13.3 Å². The van der Waals surface area contributed by atoms with Crippen LogP contribution in [-0.2, 0) is 16.1 Å². The minimum Gasteiger partial charge on any atom is -0.478 e. The summed E-state index contributed by atoms with van der Waals surface area (Å²) in [6.07, 6.45) is 3.88. The van der Waals surface area contributed by atoms with Gasteiger partial charge < -0.3 is 14.8 Å². The average molecular weight is 255 g/mol. The van der Waals surface area contributed by atoms with E-state index in [1.807, 2.05) is 0 Å². The summed E-state index contributed by atoms with van der Waals surface area (Å²) in [5.74, 6) is 0.452. The highest BCUT2D eigenvalue weighted by Gasteiger charge is 2.14. The lowest BCUT2D eigenvalue weighted by Crippen LogP contribution is -2.37. The number of amides is 1. The zero-order chi connectivity index (χ0) is 13.4. The van der Waals surface area contributed by atoms with Crippen LogP contribution in [-0.4, -0.2) is 42.1 Å². The molecule has 1 aromatic rings. The molecule has 1 heterocycles. The summed E-state index contributed by atoms with van der Waals surface area (Å²) in [4.78, 5) is 11.6. The summed E-state index contributed by atoms with van der Waals surface area (Å²) in [6, 6.07) is 0. The van der Waals surface area contributed by atoms with Gasteiger partial charge in [0.2, 0.25) is 0 Å². The molecule has 1 unspecified atom stereocenters. The Morgan fingerprint density at radius 1 is 1.61 bits per heavy atom. The molecular formula is C12H21N3O3. The van der Waals surface area contributed by atoms with Crippen molar-refractivity contribution in [3.63, 3.8) is 0 Å². The van der Waals surface area contributed by atoms with Gasteiger partial charge in [-0.1, -0.05) is 6.92 Å². The molecule has 0 saturated carbocycles. The van der Waals surface area contributed by atoms with Gasteiger partial charge in [0.1, 0.15) is 0 Å². The highest BCUT2D eigenvalue weighted by atomic mass is 16.5. The van der Waals surface area contributed by atoms with Crippen molar-refractivity contribution in [2.45, 2.75) is 32.9 Å². The first-order valence-corrected chi connectivity index (χ1v) is 6.13. The molecule has 6 heteroatoms. The summed E-state index contributed by atoms with van der Waals surface area (Å²) in [6.45, 7) is 5.61. The maximum absolute atomic E-state index is 11.6. The molecule has 0 aliphatic heterocycles. The van der Waals surface area contributed by atoms with Crippen molar-refractivity contribution < 1.29 is 14.3 Å². The van der Waals surface area contributed by atoms with Crippen LogP contribution < -0.4 is 10.1 Å². The first-order chi connectivity index (χ1) is 8.67. The molecule has 0 bridgehead atoms. The Hall–Kier alpha value is -1.56. The number of methoxy groups -OCH3 is 1. The number of rotatable bonds is 8. The van der Waals surface area contributed by atoms with Gasteiger partial charge in [0.05, 0.1) is 19.0 Å². The third-order valence-electron chi connectivity index (χ3n) is 2.35. The molecule has 102 valence electrons. The molecule has 0 fully saturated rings. The maximum Gasteiger partial charge on any atom is 0.260 e. The Labute approximate surface area is 107 Å². The number of carbonyl (C=O) groups excluding carboxylic acids is 1. The van der Waals surface area contributed by atoms with Gasteiger partial charge in [-0.3, -0.25) is 9.48 Å². The molecule has 1 aromatic heterocycles. The van der Waals surface area contributed by atoms with Crippen molar-refractivity contribution in [3.8, 4) is 5.75 Å². The van der Waals surface area contributed by atoms with Crippen molar-refractivity contribution >= 4 is 5.91 Å². The van der Waals surface area contributed by atoms with Crippen LogP contribution >= 0.6 is 0 Å². The predicted octanol–water partition coefficient (Wildman–Crippen LogP) is 0.823. The number of hydrogen-bond acceptors (Lipinski definition) is 4. The van der Waals surface area contributed by atoms with Gasteiger partial charge >= 0.3 is 0 Å². The van der Waals surface area contributed by atoms with Crippen molar-refractivity contribution in [1.82, 2.24) is 15.1 Å². The van der Waals surface area contributed by atoms with E-state index in [-0.39, 0.29) is 5.91 Å². The SMILES string of the molecule is CCCn1cc(OC(C)C(=O)NCCOC)cn1. The van der Waals surface area contributed by atoms with Gasteiger partial charge in [-0.25, -0.2) is 0 Å². The lowest BCUT2D eigenvalue weighted by Gasteiger charge is -2.12. The lowest BCUT2D eigenvalue weighted by molar-refractivity contribution is -0.127. The summed E-state index contributed by atoms with van der Waals surface area (Å²) in [7, 11) is 1.59. The fourth-order valence-electron chi connectivity index (χ4n) is 1.43. The Bertz CT molecular complexity index is 365. The van der Waals surface area contributed by atoms with Crippen LogP contribution in [0.1, 0.15) is 20.3 Å². The molecule has 0 aliphatic rings. The molecule has 0 aliphatic carbocycles. The highest BCUT2D eigenvalue weighted by Crippen LogP contribution is 2.10. The van der Waals surface area contributed by atoms with E-state index in [1.165, 1.54) is 0 Å². The summed E-state index contributed by atoms with van der Waals surface area (Å²) in [5.41, 5.74) is 0. The maximum atomic E-state index is 11.6. The normalized spacial score (nSPS) is 12.2. The zero-order valence-electron chi connectivity index (χ0n) is 11.2. The second-order valence-corrected chi connectivity index (χ2v) is 3.98. The van der Waals surface area contributed by atoms with Crippen LogP contribution in [0, 0.1) is 0 Å². The molecule has 0 spiro atoms. The van der Waals surface area contributed by atoms with E-state index in [4.69, 9.17) is 9.47 Å². The number of hydrogen-bond donors (Lipinski definition) is 1. The summed E-state index contributed by atoms with van der Waals surface area (Å²) < 4.78 is 12.1. The molecule has 6 nitrogen and oxygen atoms in total. The Balaban J connectivity index is 2.37. The summed E-state index contributed by atoms with van der Waals surface area (Å²) >= 11 is 0. The van der Waals surface area contributed by atoms with Crippen molar-refractivity contribution in [2.24, 2.45) is 0 Å². The first-order valence-electron chi connectivity index (χ1n) is 6.13. The van der Waals surface area contributed by atoms with Gasteiger partial charge in [-0.2, -0.15) is 5.10 Å². The molecule has 0 radical (unpaired) electrons. The molecular weight excluding hydrogens is 234 g/mol. The van der Waals surface area contributed by atoms with E-state index in [0.29, 0.717) is 18.9 Å². The van der Waals surface area contributed by atoms with Crippen LogP contribution in [0.5, 0.6) is 5.75 Å². The number of nitrogens with zero attached hydrogens (tertiary/aromatic N) is 2.